The van der Waals surface area contributed by atoms with Crippen LogP contribution in [0.25, 0.3) is 11.5 Å². The Hall–Kier alpha value is -2.35. The van der Waals surface area contributed by atoms with Gasteiger partial charge in [0.05, 0.1) is 18.3 Å². The zero-order chi connectivity index (χ0) is 17.5. The van der Waals surface area contributed by atoms with Gasteiger partial charge in [-0.2, -0.15) is 0 Å². The van der Waals surface area contributed by atoms with Gasteiger partial charge in [0.25, 0.3) is 0 Å². The van der Waals surface area contributed by atoms with E-state index in [1.165, 1.54) is 5.56 Å². The molecule has 0 spiro atoms. The minimum atomic E-state index is 0. The highest BCUT2D eigenvalue weighted by atomic mass is 127. The highest BCUT2D eigenvalue weighted by Crippen LogP contribution is 2.17. The third kappa shape index (κ3) is 5.32. The monoisotopic (exact) mass is 462 g/mol. The van der Waals surface area contributed by atoms with Crippen molar-refractivity contribution in [2.45, 2.75) is 19.5 Å². The molecule has 1 atom stereocenters. The molecule has 2 aromatic carbocycles. The van der Waals surface area contributed by atoms with Crippen molar-refractivity contribution in [2.24, 2.45) is 4.99 Å². The van der Waals surface area contributed by atoms with Crippen LogP contribution in [0.3, 0.4) is 0 Å². The summed E-state index contributed by atoms with van der Waals surface area (Å²) in [4.78, 5) is 8.78. The van der Waals surface area contributed by atoms with Gasteiger partial charge in [0.1, 0.15) is 6.26 Å². The van der Waals surface area contributed by atoms with Crippen molar-refractivity contribution in [1.29, 1.82) is 0 Å². The number of halogens is 1. The molecule has 2 N–H and O–H groups in total. The molecule has 0 aliphatic carbocycles. The molecule has 0 aliphatic rings. The fourth-order valence-corrected chi connectivity index (χ4v) is 2.50. The molecule has 0 aliphatic heterocycles. The number of hydrogen-bond acceptors (Lipinski definition) is 3. The van der Waals surface area contributed by atoms with Crippen LogP contribution in [-0.2, 0) is 6.54 Å². The Balaban J connectivity index is 0.00000243. The first-order valence-electron chi connectivity index (χ1n) is 8.28. The number of aromatic nitrogens is 1. The Morgan fingerprint density at radius 3 is 2.38 bits per heavy atom. The maximum absolute atomic E-state index is 5.56. The van der Waals surface area contributed by atoms with Crippen LogP contribution >= 0.6 is 24.0 Å². The summed E-state index contributed by atoms with van der Waals surface area (Å²) in [5.41, 5.74) is 3.00. The van der Waals surface area contributed by atoms with Gasteiger partial charge in [0.2, 0.25) is 5.89 Å². The topological polar surface area (TPSA) is 62.5 Å². The summed E-state index contributed by atoms with van der Waals surface area (Å²) in [5, 5.41) is 6.64. The first-order chi connectivity index (χ1) is 12.3. The summed E-state index contributed by atoms with van der Waals surface area (Å²) in [6.45, 7) is 2.64. The SMILES string of the molecule is CN=C(NCc1coc(-c2ccccc2)n1)NC(C)c1ccccc1.I. The highest BCUT2D eigenvalue weighted by molar-refractivity contribution is 14.0. The number of benzene rings is 2. The molecule has 0 fully saturated rings. The number of oxazole rings is 1. The van der Waals surface area contributed by atoms with Crippen molar-refractivity contribution < 1.29 is 4.42 Å². The van der Waals surface area contributed by atoms with E-state index in [4.69, 9.17) is 4.42 Å². The Labute approximate surface area is 171 Å². The van der Waals surface area contributed by atoms with Crippen molar-refractivity contribution in [3.05, 3.63) is 78.2 Å². The van der Waals surface area contributed by atoms with Gasteiger partial charge in [-0.3, -0.25) is 4.99 Å². The lowest BCUT2D eigenvalue weighted by atomic mass is 10.1. The van der Waals surface area contributed by atoms with E-state index in [0.717, 1.165) is 17.2 Å². The first-order valence-corrected chi connectivity index (χ1v) is 8.28. The third-order valence-electron chi connectivity index (χ3n) is 3.89. The predicted octanol–water partition coefficient (Wildman–Crippen LogP) is 4.39. The second-order valence-electron chi connectivity index (χ2n) is 5.71. The summed E-state index contributed by atoms with van der Waals surface area (Å²) in [5.74, 6) is 1.35. The quantitative estimate of drug-likeness (QED) is 0.336. The van der Waals surface area contributed by atoms with E-state index in [-0.39, 0.29) is 30.0 Å². The second-order valence-corrected chi connectivity index (χ2v) is 5.71. The fraction of sp³-hybridized carbons (Fsp3) is 0.200. The molecule has 3 aromatic rings. The molecule has 0 radical (unpaired) electrons. The van der Waals surface area contributed by atoms with Gasteiger partial charge in [-0.05, 0) is 24.6 Å². The molecule has 0 saturated carbocycles. The maximum atomic E-state index is 5.56. The van der Waals surface area contributed by atoms with E-state index in [1.54, 1.807) is 13.3 Å². The van der Waals surface area contributed by atoms with E-state index < -0.39 is 0 Å². The van der Waals surface area contributed by atoms with Crippen LogP contribution in [0.2, 0.25) is 0 Å². The van der Waals surface area contributed by atoms with Gasteiger partial charge >= 0.3 is 0 Å². The van der Waals surface area contributed by atoms with Crippen molar-refractivity contribution in [1.82, 2.24) is 15.6 Å². The summed E-state index contributed by atoms with van der Waals surface area (Å²) < 4.78 is 5.56. The number of rotatable bonds is 5. The van der Waals surface area contributed by atoms with E-state index >= 15 is 0 Å². The summed E-state index contributed by atoms with van der Waals surface area (Å²) >= 11 is 0. The molecule has 3 rings (SSSR count). The molecule has 6 heteroatoms. The lowest BCUT2D eigenvalue weighted by Gasteiger charge is -2.17. The Bertz CT molecular complexity index is 818. The molecule has 0 amide bonds. The average Bonchev–Trinajstić information content (AvgIpc) is 3.15. The zero-order valence-corrected chi connectivity index (χ0v) is 17.2. The Kier molecular flexibility index (Phi) is 7.65. The van der Waals surface area contributed by atoms with E-state index in [9.17, 15) is 0 Å². The number of guanidine groups is 1. The number of aliphatic imine (C=N–C) groups is 1. The van der Waals surface area contributed by atoms with Crippen molar-refractivity contribution >= 4 is 29.9 Å². The van der Waals surface area contributed by atoms with Crippen LogP contribution in [0.4, 0.5) is 0 Å². The van der Waals surface area contributed by atoms with Crippen LogP contribution in [0.5, 0.6) is 0 Å². The van der Waals surface area contributed by atoms with Crippen molar-refractivity contribution in [2.75, 3.05) is 7.05 Å². The lowest BCUT2D eigenvalue weighted by molar-refractivity contribution is 0.572. The van der Waals surface area contributed by atoms with Crippen LogP contribution < -0.4 is 10.6 Å². The summed E-state index contributed by atoms with van der Waals surface area (Å²) in [6, 6.07) is 20.3. The highest BCUT2D eigenvalue weighted by Gasteiger charge is 2.09. The number of nitrogens with one attached hydrogen (secondary N) is 2. The average molecular weight is 462 g/mol. The molecule has 0 saturated heterocycles. The lowest BCUT2D eigenvalue weighted by Crippen LogP contribution is -2.38. The van der Waals surface area contributed by atoms with Crippen LogP contribution in [0, 0.1) is 0 Å². The van der Waals surface area contributed by atoms with E-state index in [0.29, 0.717) is 12.4 Å². The second kappa shape index (κ2) is 9.96. The van der Waals surface area contributed by atoms with Gasteiger partial charge in [-0.1, -0.05) is 48.5 Å². The van der Waals surface area contributed by atoms with Gasteiger partial charge in [-0.15, -0.1) is 24.0 Å². The minimum Gasteiger partial charge on any atom is -0.444 e. The number of hydrogen-bond donors (Lipinski definition) is 2. The Morgan fingerprint density at radius 2 is 1.73 bits per heavy atom. The van der Waals surface area contributed by atoms with Crippen LogP contribution in [-0.4, -0.2) is 18.0 Å². The molecule has 1 aromatic heterocycles. The Morgan fingerprint density at radius 1 is 1.08 bits per heavy atom. The first kappa shape index (κ1) is 20.0. The van der Waals surface area contributed by atoms with Crippen LogP contribution in [0.1, 0.15) is 24.2 Å². The standard InChI is InChI=1S/C20H22N4O.HI/c1-15(16-9-5-3-6-10-16)23-20(21-2)22-13-18-14-25-19(24-18)17-11-7-4-8-12-17;/h3-12,14-15H,13H2,1-2H3,(H2,21,22,23);1H. The predicted molar refractivity (Wildman–Crippen MR) is 116 cm³/mol. The van der Waals surface area contributed by atoms with Gasteiger partial charge < -0.3 is 15.1 Å². The molecule has 26 heavy (non-hydrogen) atoms. The molecule has 1 unspecified atom stereocenters. The molecular formula is C20H23IN4O. The normalized spacial score (nSPS) is 12.2. The van der Waals surface area contributed by atoms with Gasteiger partial charge in [0, 0.05) is 12.6 Å². The van der Waals surface area contributed by atoms with Crippen LogP contribution in [0.15, 0.2) is 76.3 Å². The number of nitrogens with zero attached hydrogens (tertiary/aromatic N) is 2. The molecule has 1 heterocycles. The fourth-order valence-electron chi connectivity index (χ4n) is 2.50. The maximum Gasteiger partial charge on any atom is 0.226 e. The summed E-state index contributed by atoms with van der Waals surface area (Å²) in [7, 11) is 1.76. The van der Waals surface area contributed by atoms with Gasteiger partial charge in [-0.25, -0.2) is 4.98 Å². The van der Waals surface area contributed by atoms with Crippen molar-refractivity contribution in [3.8, 4) is 11.5 Å². The van der Waals surface area contributed by atoms with Crippen molar-refractivity contribution in [3.63, 3.8) is 0 Å². The molecular weight excluding hydrogens is 439 g/mol. The molecule has 136 valence electrons. The largest absolute Gasteiger partial charge is 0.444 e. The molecule has 5 nitrogen and oxygen atoms in total. The van der Waals surface area contributed by atoms with E-state index in [1.807, 2.05) is 48.5 Å². The van der Waals surface area contributed by atoms with Gasteiger partial charge in [0.15, 0.2) is 5.96 Å². The zero-order valence-electron chi connectivity index (χ0n) is 14.8. The molecule has 0 bridgehead atoms. The smallest absolute Gasteiger partial charge is 0.226 e. The third-order valence-corrected chi connectivity index (χ3v) is 3.89. The minimum absolute atomic E-state index is 0. The van der Waals surface area contributed by atoms with E-state index in [2.05, 4.69) is 39.7 Å². The summed E-state index contributed by atoms with van der Waals surface area (Å²) in [6.07, 6.45) is 1.67.